The number of hydrogen-bond acceptors (Lipinski definition) is 4. The highest BCUT2D eigenvalue weighted by atomic mass is 16.3. The van der Waals surface area contributed by atoms with Crippen LogP contribution < -0.4 is 0 Å². The number of ketones is 1. The van der Waals surface area contributed by atoms with Gasteiger partial charge in [0.1, 0.15) is 5.76 Å². The molecule has 2 aromatic carbocycles. The molecule has 1 unspecified atom stereocenters. The zero-order valence-corrected chi connectivity index (χ0v) is 14.3. The molecule has 1 heterocycles. The predicted octanol–water partition coefficient (Wildman–Crippen LogP) is 4.59. The van der Waals surface area contributed by atoms with Gasteiger partial charge in [-0.1, -0.05) is 60.7 Å². The van der Waals surface area contributed by atoms with Crippen molar-refractivity contribution < 1.29 is 9.21 Å². The summed E-state index contributed by atoms with van der Waals surface area (Å²) in [6, 6.07) is 26.0. The van der Waals surface area contributed by atoms with Crippen molar-refractivity contribution in [3.05, 3.63) is 95.9 Å². The Morgan fingerprint density at radius 1 is 0.815 bits per heavy atom. The Morgan fingerprint density at radius 3 is 1.93 bits per heavy atom. The van der Waals surface area contributed by atoms with E-state index in [0.29, 0.717) is 22.5 Å². The minimum Gasteiger partial charge on any atom is -0.469 e. The maximum absolute atomic E-state index is 13.4. The molecule has 0 radical (unpaired) electrons. The Bertz CT molecular complexity index is 1080. The molecule has 0 fully saturated rings. The SMILES string of the molecule is N#CC1(C#N)C(=O)C(c2ccccc2)=C(c2ccccc2)C1c1ccco1. The fourth-order valence-electron chi connectivity index (χ4n) is 3.70. The number of Topliss-reactive ketones (excluding diaryl/α,β-unsaturated/α-hetero) is 1. The lowest BCUT2D eigenvalue weighted by Gasteiger charge is -2.21. The summed E-state index contributed by atoms with van der Waals surface area (Å²) < 4.78 is 5.57. The number of carbonyl (C=O) groups is 1. The summed E-state index contributed by atoms with van der Waals surface area (Å²) in [7, 11) is 0. The van der Waals surface area contributed by atoms with Gasteiger partial charge in [0.25, 0.3) is 0 Å². The number of allylic oxidation sites excluding steroid dienone is 2. The molecule has 1 aliphatic carbocycles. The van der Waals surface area contributed by atoms with E-state index in [1.54, 1.807) is 12.1 Å². The zero-order valence-electron chi connectivity index (χ0n) is 14.3. The van der Waals surface area contributed by atoms with Crippen LogP contribution in [0.4, 0.5) is 0 Å². The fourth-order valence-corrected chi connectivity index (χ4v) is 3.70. The second-order valence-electron chi connectivity index (χ2n) is 6.33. The molecule has 4 nitrogen and oxygen atoms in total. The first-order valence-corrected chi connectivity index (χ1v) is 8.48. The Hall–Kier alpha value is -3.89. The molecule has 4 heteroatoms. The maximum atomic E-state index is 13.4. The van der Waals surface area contributed by atoms with Gasteiger partial charge in [-0.2, -0.15) is 10.5 Å². The molecule has 1 aliphatic rings. The highest BCUT2D eigenvalue weighted by Crippen LogP contribution is 2.56. The lowest BCUT2D eigenvalue weighted by molar-refractivity contribution is -0.117. The molecule has 3 aromatic rings. The standard InChI is InChI=1S/C23H14N2O2/c24-14-23(15-25)21(18-12-7-13-27-18)19(16-8-3-1-4-9-16)20(22(23)26)17-10-5-2-6-11-17/h1-13,21H. The van der Waals surface area contributed by atoms with Crippen molar-refractivity contribution in [2.75, 3.05) is 0 Å². The van der Waals surface area contributed by atoms with Gasteiger partial charge in [-0.3, -0.25) is 4.79 Å². The van der Waals surface area contributed by atoms with E-state index in [1.807, 2.05) is 72.8 Å². The van der Waals surface area contributed by atoms with Gasteiger partial charge in [0.05, 0.1) is 24.3 Å². The van der Waals surface area contributed by atoms with Crippen LogP contribution in [0.1, 0.15) is 22.8 Å². The van der Waals surface area contributed by atoms with Crippen molar-refractivity contribution >= 4 is 16.9 Å². The van der Waals surface area contributed by atoms with E-state index in [4.69, 9.17) is 4.42 Å². The van der Waals surface area contributed by atoms with Crippen LogP contribution in [-0.2, 0) is 4.79 Å². The number of carbonyl (C=O) groups excluding carboxylic acids is 1. The van der Waals surface area contributed by atoms with E-state index in [1.165, 1.54) is 6.26 Å². The molecule has 0 bridgehead atoms. The Balaban J connectivity index is 2.10. The summed E-state index contributed by atoms with van der Waals surface area (Å²) >= 11 is 0. The normalized spacial score (nSPS) is 18.1. The second-order valence-corrected chi connectivity index (χ2v) is 6.33. The minimum absolute atomic E-state index is 0.395. The van der Waals surface area contributed by atoms with Crippen LogP contribution in [0.3, 0.4) is 0 Å². The molecule has 0 saturated carbocycles. The maximum Gasteiger partial charge on any atom is 0.219 e. The smallest absolute Gasteiger partial charge is 0.219 e. The first-order chi connectivity index (χ1) is 13.2. The molecule has 1 aromatic heterocycles. The molecule has 1 atom stereocenters. The topological polar surface area (TPSA) is 77.8 Å². The van der Waals surface area contributed by atoms with E-state index >= 15 is 0 Å². The lowest BCUT2D eigenvalue weighted by atomic mass is 9.74. The van der Waals surface area contributed by atoms with Crippen molar-refractivity contribution in [2.45, 2.75) is 5.92 Å². The van der Waals surface area contributed by atoms with Gasteiger partial charge >= 0.3 is 0 Å². The van der Waals surface area contributed by atoms with Gasteiger partial charge < -0.3 is 4.42 Å². The van der Waals surface area contributed by atoms with E-state index in [-0.39, 0.29) is 0 Å². The summed E-state index contributed by atoms with van der Waals surface area (Å²) in [4.78, 5) is 13.4. The molecule has 0 saturated heterocycles. The summed E-state index contributed by atoms with van der Waals surface area (Å²) in [6.07, 6.45) is 1.49. The second kappa shape index (κ2) is 6.44. The van der Waals surface area contributed by atoms with Crippen LogP contribution in [-0.4, -0.2) is 5.78 Å². The third-order valence-corrected chi connectivity index (χ3v) is 4.90. The minimum atomic E-state index is -1.87. The number of nitriles is 2. The molecule has 0 amide bonds. The van der Waals surface area contributed by atoms with Gasteiger partial charge in [-0.15, -0.1) is 0 Å². The van der Waals surface area contributed by atoms with Crippen molar-refractivity contribution in [1.82, 2.24) is 0 Å². The summed E-state index contributed by atoms with van der Waals surface area (Å²) in [5.74, 6) is -0.859. The molecule has 4 rings (SSSR count). The van der Waals surface area contributed by atoms with Crippen molar-refractivity contribution in [1.29, 1.82) is 10.5 Å². The van der Waals surface area contributed by atoms with E-state index in [9.17, 15) is 15.3 Å². The molecule has 0 spiro atoms. The predicted molar refractivity (Wildman–Crippen MR) is 99.8 cm³/mol. The van der Waals surface area contributed by atoms with Crippen molar-refractivity contribution in [3.8, 4) is 12.1 Å². The number of nitrogens with zero attached hydrogens (tertiary/aromatic N) is 2. The van der Waals surface area contributed by atoms with Crippen LogP contribution in [0.5, 0.6) is 0 Å². The molecule has 128 valence electrons. The first kappa shape index (κ1) is 16.6. The average molecular weight is 350 g/mol. The average Bonchev–Trinajstić information content (AvgIpc) is 3.34. The van der Waals surface area contributed by atoms with E-state index in [0.717, 1.165) is 5.56 Å². The molecule has 0 aliphatic heterocycles. The third kappa shape index (κ3) is 2.39. The number of benzene rings is 2. The van der Waals surface area contributed by atoms with E-state index < -0.39 is 17.1 Å². The monoisotopic (exact) mass is 350 g/mol. The largest absolute Gasteiger partial charge is 0.469 e. The van der Waals surface area contributed by atoms with Gasteiger partial charge in [-0.25, -0.2) is 0 Å². The molecule has 27 heavy (non-hydrogen) atoms. The molecular weight excluding hydrogens is 336 g/mol. The highest BCUT2D eigenvalue weighted by Gasteiger charge is 2.58. The van der Waals surface area contributed by atoms with Gasteiger partial charge in [0.2, 0.25) is 5.41 Å². The number of hydrogen-bond donors (Lipinski definition) is 0. The van der Waals surface area contributed by atoms with Crippen LogP contribution in [0.2, 0.25) is 0 Å². The Morgan fingerprint density at radius 2 is 1.41 bits per heavy atom. The van der Waals surface area contributed by atoms with Gasteiger partial charge in [-0.05, 0) is 28.8 Å². The lowest BCUT2D eigenvalue weighted by Crippen LogP contribution is -2.30. The highest BCUT2D eigenvalue weighted by molar-refractivity contribution is 6.36. The number of furan rings is 1. The van der Waals surface area contributed by atoms with Crippen LogP contribution in [0, 0.1) is 28.1 Å². The summed E-state index contributed by atoms with van der Waals surface area (Å²) in [5, 5.41) is 19.8. The first-order valence-electron chi connectivity index (χ1n) is 8.48. The molecule has 0 N–H and O–H groups in total. The van der Waals surface area contributed by atoms with Crippen LogP contribution in [0.15, 0.2) is 83.5 Å². The van der Waals surface area contributed by atoms with Crippen LogP contribution in [0.25, 0.3) is 11.1 Å². The van der Waals surface area contributed by atoms with Crippen LogP contribution >= 0.6 is 0 Å². The van der Waals surface area contributed by atoms with E-state index in [2.05, 4.69) is 0 Å². The Labute approximate surface area is 156 Å². The van der Waals surface area contributed by atoms with Gasteiger partial charge in [0.15, 0.2) is 5.78 Å². The third-order valence-electron chi connectivity index (χ3n) is 4.90. The summed E-state index contributed by atoms with van der Waals surface area (Å²) in [6.45, 7) is 0. The number of rotatable bonds is 3. The fraction of sp³-hybridized carbons (Fsp3) is 0.0870. The Kier molecular flexibility index (Phi) is 3.95. The quantitative estimate of drug-likeness (QED) is 0.692. The van der Waals surface area contributed by atoms with Crippen molar-refractivity contribution in [2.24, 2.45) is 5.41 Å². The zero-order chi connectivity index (χ0) is 18.9. The van der Waals surface area contributed by atoms with Gasteiger partial charge in [0, 0.05) is 5.57 Å². The molecular formula is C23H14N2O2. The summed E-state index contributed by atoms with van der Waals surface area (Å²) in [5.41, 5.74) is 0.647. The van der Waals surface area contributed by atoms with Crippen molar-refractivity contribution in [3.63, 3.8) is 0 Å².